The van der Waals surface area contributed by atoms with E-state index in [2.05, 4.69) is 21.1 Å². The third kappa shape index (κ3) is 3.66. The van der Waals surface area contributed by atoms with Crippen molar-refractivity contribution in [1.82, 2.24) is 0 Å². The lowest BCUT2D eigenvalue weighted by Gasteiger charge is -1.98. The van der Waals surface area contributed by atoms with Gasteiger partial charge in [-0.15, -0.1) is 0 Å². The van der Waals surface area contributed by atoms with Crippen molar-refractivity contribution in [2.24, 2.45) is 5.73 Å². The number of halogens is 1. The molecule has 2 rings (SSSR count). The third-order valence-electron chi connectivity index (χ3n) is 2.40. The minimum Gasteiger partial charge on any atom is -0.284 e. The minimum absolute atomic E-state index is 0.281. The van der Waals surface area contributed by atoms with E-state index >= 15 is 0 Å². The summed E-state index contributed by atoms with van der Waals surface area (Å²) in [6.07, 6.45) is 0. The average molecular weight is 320 g/mol. The molecule has 0 spiro atoms. The molecule has 0 aliphatic rings. The van der Waals surface area contributed by atoms with E-state index in [0.29, 0.717) is 5.56 Å². The molecule has 0 saturated heterocycles. The molecule has 0 unspecified atom stereocenters. The molecule has 2 aromatic rings. The molecular formula is C14H12BrN2O2+. The zero-order valence-electron chi connectivity index (χ0n) is 9.97. The zero-order valence-corrected chi connectivity index (χ0v) is 11.6. The van der Waals surface area contributed by atoms with E-state index in [-0.39, 0.29) is 5.84 Å². The van der Waals surface area contributed by atoms with Crippen LogP contribution in [0, 0.1) is 0 Å². The van der Waals surface area contributed by atoms with Crippen LogP contribution in [-0.4, -0.2) is 11.8 Å². The first-order valence-electron chi connectivity index (χ1n) is 5.57. The molecule has 96 valence electrons. The smallest absolute Gasteiger partial charge is 0.284 e. The molecular weight excluding hydrogens is 308 g/mol. The quantitative estimate of drug-likeness (QED) is 0.384. The predicted octanol–water partition coefficient (Wildman–Crippen LogP) is 1.01. The number of rotatable bonds is 3. The van der Waals surface area contributed by atoms with Gasteiger partial charge in [-0.2, -0.15) is 0 Å². The summed E-state index contributed by atoms with van der Waals surface area (Å²) < 4.78 is 0.807. The lowest BCUT2D eigenvalue weighted by Crippen LogP contribution is -2.75. The first-order chi connectivity index (χ1) is 9.16. The summed E-state index contributed by atoms with van der Waals surface area (Å²) in [5.41, 5.74) is 6.96. The summed E-state index contributed by atoms with van der Waals surface area (Å²) in [6.45, 7) is 0. The first-order valence-corrected chi connectivity index (χ1v) is 6.37. The Morgan fingerprint density at radius 2 is 1.74 bits per heavy atom. The highest BCUT2D eigenvalue weighted by molar-refractivity contribution is 9.10. The van der Waals surface area contributed by atoms with E-state index < -0.39 is 5.97 Å². The maximum absolute atomic E-state index is 11.8. The van der Waals surface area contributed by atoms with Gasteiger partial charge in [0.1, 0.15) is 0 Å². The fourth-order valence-electron chi connectivity index (χ4n) is 1.45. The van der Waals surface area contributed by atoms with Crippen LogP contribution in [0.25, 0.3) is 0 Å². The van der Waals surface area contributed by atoms with Crippen molar-refractivity contribution in [3.63, 3.8) is 0 Å². The van der Waals surface area contributed by atoms with Crippen LogP contribution in [0.3, 0.4) is 0 Å². The Morgan fingerprint density at radius 1 is 1.05 bits per heavy atom. The fourth-order valence-corrected chi connectivity index (χ4v) is 1.85. The van der Waals surface area contributed by atoms with Gasteiger partial charge in [0.15, 0.2) is 0 Å². The summed E-state index contributed by atoms with van der Waals surface area (Å²) in [7, 11) is 0. The van der Waals surface area contributed by atoms with Crippen molar-refractivity contribution in [2.45, 2.75) is 0 Å². The molecule has 5 heteroatoms. The number of benzene rings is 2. The normalized spacial score (nSPS) is 11.1. The Balaban J connectivity index is 2.08. The van der Waals surface area contributed by atoms with Crippen LogP contribution in [0.5, 0.6) is 0 Å². The largest absolute Gasteiger partial charge is 0.387 e. The van der Waals surface area contributed by atoms with Crippen LogP contribution in [0.4, 0.5) is 0 Å². The van der Waals surface area contributed by atoms with Gasteiger partial charge >= 0.3 is 11.8 Å². The Kier molecular flexibility index (Phi) is 4.30. The van der Waals surface area contributed by atoms with E-state index in [9.17, 15) is 4.79 Å². The van der Waals surface area contributed by atoms with Gasteiger partial charge in [0.05, 0.1) is 11.1 Å². The highest BCUT2D eigenvalue weighted by Gasteiger charge is 2.10. The topological polar surface area (TPSA) is 66.3 Å². The molecule has 4 nitrogen and oxygen atoms in total. The second kappa shape index (κ2) is 6.15. The highest BCUT2D eigenvalue weighted by Crippen LogP contribution is 2.11. The van der Waals surface area contributed by atoms with Crippen LogP contribution < -0.4 is 10.9 Å². The summed E-state index contributed by atoms with van der Waals surface area (Å²) >= 11 is 3.29. The Hall–Kier alpha value is -2.14. The molecule has 0 radical (unpaired) electrons. The lowest BCUT2D eigenvalue weighted by atomic mass is 10.2. The lowest BCUT2D eigenvalue weighted by molar-refractivity contribution is -0.721. The van der Waals surface area contributed by atoms with Gasteiger partial charge < -0.3 is 0 Å². The minimum atomic E-state index is -0.500. The molecule has 0 atom stereocenters. The Labute approximate surface area is 119 Å². The summed E-state index contributed by atoms with van der Waals surface area (Å²) in [5.74, 6) is -0.218. The van der Waals surface area contributed by atoms with Gasteiger partial charge in [0, 0.05) is 4.47 Å². The molecule has 0 heterocycles. The van der Waals surface area contributed by atoms with E-state index in [1.807, 2.05) is 36.4 Å². The van der Waals surface area contributed by atoms with Gasteiger partial charge in [0.2, 0.25) is 0 Å². The maximum Gasteiger partial charge on any atom is 0.387 e. The summed E-state index contributed by atoms with van der Waals surface area (Å²) in [6, 6.07) is 16.1. The molecule has 0 aromatic heterocycles. The van der Waals surface area contributed by atoms with E-state index in [4.69, 9.17) is 10.6 Å². The van der Waals surface area contributed by atoms with Crippen molar-refractivity contribution in [3.8, 4) is 0 Å². The number of amidine groups is 1. The summed E-state index contributed by atoms with van der Waals surface area (Å²) in [5, 5.41) is 2.45. The van der Waals surface area contributed by atoms with Crippen LogP contribution in [0.1, 0.15) is 15.9 Å². The summed E-state index contributed by atoms with van der Waals surface area (Å²) in [4.78, 5) is 16.7. The van der Waals surface area contributed by atoms with Crippen molar-refractivity contribution in [2.75, 3.05) is 0 Å². The zero-order chi connectivity index (χ0) is 13.7. The van der Waals surface area contributed by atoms with Crippen molar-refractivity contribution in [3.05, 3.63) is 70.2 Å². The standard InChI is InChI=1S/C14H11BrN2O2/c15-12-8-4-7-11(9-12)14(18)19-17-13(16)10-5-2-1-3-6-10/h1-9H,(H2,16,17)/p+1. The SMILES string of the molecule is NC(=[NH+]OC(=O)c1cccc(Br)c1)c1ccccc1. The van der Waals surface area contributed by atoms with Crippen LogP contribution in [0.15, 0.2) is 59.1 Å². The van der Waals surface area contributed by atoms with Crippen molar-refractivity contribution in [1.29, 1.82) is 0 Å². The van der Waals surface area contributed by atoms with E-state index in [1.165, 1.54) is 0 Å². The second-order valence-electron chi connectivity index (χ2n) is 3.78. The maximum atomic E-state index is 11.8. The molecule has 0 amide bonds. The number of nitrogens with one attached hydrogen (secondary N) is 1. The van der Waals surface area contributed by atoms with Crippen LogP contribution in [0.2, 0.25) is 0 Å². The number of carbonyl (C=O) groups is 1. The average Bonchev–Trinajstić information content (AvgIpc) is 2.45. The van der Waals surface area contributed by atoms with E-state index in [0.717, 1.165) is 10.0 Å². The first kappa shape index (κ1) is 13.3. The number of nitrogens with two attached hydrogens (primary N) is 1. The highest BCUT2D eigenvalue weighted by atomic mass is 79.9. The molecule has 0 aliphatic carbocycles. The molecule has 0 aliphatic heterocycles. The molecule has 0 fully saturated rings. The number of carbonyl (C=O) groups excluding carboxylic acids is 1. The Morgan fingerprint density at radius 3 is 2.42 bits per heavy atom. The number of nitrogen functional groups attached to an aromatic ring is 1. The van der Waals surface area contributed by atoms with Gasteiger partial charge in [-0.3, -0.25) is 10.6 Å². The third-order valence-corrected chi connectivity index (χ3v) is 2.89. The van der Waals surface area contributed by atoms with Gasteiger partial charge in [0.25, 0.3) is 0 Å². The molecule has 2 aromatic carbocycles. The van der Waals surface area contributed by atoms with Gasteiger partial charge in [-0.1, -0.05) is 45.4 Å². The fraction of sp³-hybridized carbons (Fsp3) is 0. The van der Waals surface area contributed by atoms with E-state index in [1.54, 1.807) is 18.2 Å². The van der Waals surface area contributed by atoms with Gasteiger partial charge in [-0.25, -0.2) is 4.79 Å². The number of hydrogen-bond donors (Lipinski definition) is 2. The molecule has 19 heavy (non-hydrogen) atoms. The van der Waals surface area contributed by atoms with Gasteiger partial charge in [-0.05, 0) is 30.3 Å². The van der Waals surface area contributed by atoms with Crippen LogP contribution in [-0.2, 0) is 4.84 Å². The second-order valence-corrected chi connectivity index (χ2v) is 4.70. The monoisotopic (exact) mass is 319 g/mol. The predicted molar refractivity (Wildman–Crippen MR) is 75.3 cm³/mol. The van der Waals surface area contributed by atoms with Crippen molar-refractivity contribution >= 4 is 27.7 Å². The van der Waals surface area contributed by atoms with Crippen LogP contribution >= 0.6 is 15.9 Å². The Bertz CT molecular complexity index is 612. The molecule has 0 saturated carbocycles. The molecule has 3 N–H and O–H groups in total. The number of hydrogen-bond acceptors (Lipinski definition) is 2. The van der Waals surface area contributed by atoms with Crippen molar-refractivity contribution < 1.29 is 14.8 Å². The molecule has 0 bridgehead atoms.